The van der Waals surface area contributed by atoms with Crippen molar-refractivity contribution in [3.63, 3.8) is 0 Å². The number of nitrogens with one attached hydrogen (secondary N) is 2. The molecule has 0 rings (SSSR count). The quantitative estimate of drug-likeness (QED) is 0.435. The van der Waals surface area contributed by atoms with E-state index in [2.05, 4.69) is 10.6 Å². The molecule has 2 N–H and O–H groups in total. The van der Waals surface area contributed by atoms with Crippen molar-refractivity contribution in [3.05, 3.63) is 0 Å². The summed E-state index contributed by atoms with van der Waals surface area (Å²) in [5, 5.41) is 5.13. The highest BCUT2D eigenvalue weighted by Crippen LogP contribution is 1.88. The molecule has 0 atom stereocenters. The first-order chi connectivity index (χ1) is 5.66. The Balaban J connectivity index is 3.25. The number of hydrogen-bond donors (Lipinski definition) is 2. The van der Waals surface area contributed by atoms with Gasteiger partial charge in [0, 0.05) is 19.0 Å². The summed E-state index contributed by atoms with van der Waals surface area (Å²) in [6.45, 7) is 4.33. The predicted molar refractivity (Wildman–Crippen MR) is 46.2 cm³/mol. The third kappa shape index (κ3) is 7.05. The molecule has 0 saturated heterocycles. The molecule has 69 valence electrons. The van der Waals surface area contributed by atoms with Crippen LogP contribution in [0.2, 0.25) is 0 Å². The number of carbonyl (C=O) groups excluding carboxylic acids is 2. The highest BCUT2D eigenvalue weighted by molar-refractivity contribution is 5.76. The van der Waals surface area contributed by atoms with Crippen LogP contribution in [0.4, 0.5) is 0 Å². The van der Waals surface area contributed by atoms with Crippen molar-refractivity contribution in [3.8, 4) is 0 Å². The van der Waals surface area contributed by atoms with Gasteiger partial charge in [0.2, 0.25) is 5.91 Å². The monoisotopic (exact) mass is 171 g/mol. The summed E-state index contributed by atoms with van der Waals surface area (Å²) in [6.07, 6.45) is 2.66. The first-order valence-corrected chi connectivity index (χ1v) is 4.06. The molecule has 0 saturated carbocycles. The van der Waals surface area contributed by atoms with Crippen LogP contribution in [0.25, 0.3) is 0 Å². The van der Waals surface area contributed by atoms with E-state index in [0.29, 0.717) is 19.4 Å². The van der Waals surface area contributed by atoms with Crippen molar-refractivity contribution in [2.45, 2.75) is 32.7 Å². The van der Waals surface area contributed by atoms with Crippen molar-refractivity contribution in [2.75, 3.05) is 6.54 Å². The fraction of sp³-hybridized carbons (Fsp3) is 0.750. The summed E-state index contributed by atoms with van der Waals surface area (Å²) < 4.78 is 0. The molecule has 0 aromatic heterocycles. The van der Waals surface area contributed by atoms with Crippen LogP contribution in [-0.2, 0) is 9.59 Å². The summed E-state index contributed by atoms with van der Waals surface area (Å²) in [5.74, 6) is 0.0256. The number of hydrogen-bond acceptors (Lipinski definition) is 2. The average molecular weight is 171 g/mol. The fourth-order valence-electron chi connectivity index (χ4n) is 0.783. The van der Waals surface area contributed by atoms with Crippen molar-refractivity contribution < 1.29 is 9.59 Å². The molecule has 0 aliphatic carbocycles. The normalized spacial score (nSPS) is 9.58. The summed E-state index contributed by atoms with van der Waals surface area (Å²) >= 11 is 0. The molecule has 1 radical (unpaired) electrons. The molecule has 0 aliphatic heterocycles. The van der Waals surface area contributed by atoms with Crippen molar-refractivity contribution in [1.29, 1.82) is 0 Å². The molecular formula is C8H15N2O2. The van der Waals surface area contributed by atoms with E-state index in [4.69, 9.17) is 0 Å². The molecular weight excluding hydrogens is 156 g/mol. The lowest BCUT2D eigenvalue weighted by Gasteiger charge is -2.07. The molecule has 0 fully saturated rings. The van der Waals surface area contributed by atoms with E-state index in [0.717, 1.165) is 0 Å². The lowest BCUT2D eigenvalue weighted by Crippen LogP contribution is -2.30. The van der Waals surface area contributed by atoms with Crippen molar-refractivity contribution in [1.82, 2.24) is 10.6 Å². The topological polar surface area (TPSA) is 58.2 Å². The highest BCUT2D eigenvalue weighted by atomic mass is 16.1. The zero-order valence-electron chi connectivity index (χ0n) is 7.52. The summed E-state index contributed by atoms with van der Waals surface area (Å²) in [4.78, 5) is 20.7. The Morgan fingerprint density at radius 3 is 2.67 bits per heavy atom. The van der Waals surface area contributed by atoms with Gasteiger partial charge in [-0.15, -0.1) is 0 Å². The number of carbonyl (C=O) groups is 1. The molecule has 0 unspecified atom stereocenters. The predicted octanol–water partition coefficient (Wildman–Crippen LogP) is -0.0520. The largest absolute Gasteiger partial charge is 0.354 e. The maximum Gasteiger partial charge on any atom is 0.309 e. The maximum atomic E-state index is 11.0. The van der Waals surface area contributed by atoms with Crippen LogP contribution < -0.4 is 10.6 Å². The molecule has 4 nitrogen and oxygen atoms in total. The molecule has 4 heteroatoms. The van der Waals surface area contributed by atoms with Gasteiger partial charge in [-0.05, 0) is 20.3 Å². The van der Waals surface area contributed by atoms with Gasteiger partial charge in [-0.25, -0.2) is 0 Å². The Labute approximate surface area is 72.7 Å². The number of rotatable bonds is 6. The Bertz CT molecular complexity index is 146. The molecule has 0 aromatic carbocycles. The van der Waals surface area contributed by atoms with E-state index < -0.39 is 0 Å². The van der Waals surface area contributed by atoms with E-state index in [1.165, 1.54) is 0 Å². The van der Waals surface area contributed by atoms with E-state index in [-0.39, 0.29) is 11.9 Å². The minimum atomic E-state index is 0.0256. The first kappa shape index (κ1) is 10.9. The molecule has 0 spiro atoms. The van der Waals surface area contributed by atoms with Gasteiger partial charge in [-0.1, -0.05) is 0 Å². The van der Waals surface area contributed by atoms with E-state index in [1.807, 2.05) is 13.8 Å². The molecule has 12 heavy (non-hydrogen) atoms. The second-order valence-corrected chi connectivity index (χ2v) is 2.85. The molecule has 2 amide bonds. The third-order valence-electron chi connectivity index (χ3n) is 1.23. The third-order valence-corrected chi connectivity index (χ3v) is 1.23. The van der Waals surface area contributed by atoms with E-state index in [1.54, 1.807) is 6.41 Å². The number of amides is 2. The second kappa shape index (κ2) is 6.64. The van der Waals surface area contributed by atoms with Gasteiger partial charge in [0.15, 0.2) is 0 Å². The zero-order valence-corrected chi connectivity index (χ0v) is 7.52. The molecule has 0 aliphatic rings. The minimum Gasteiger partial charge on any atom is -0.354 e. The van der Waals surface area contributed by atoms with E-state index in [9.17, 15) is 9.59 Å². The maximum absolute atomic E-state index is 11.0. The van der Waals surface area contributed by atoms with Crippen LogP contribution in [0.1, 0.15) is 26.7 Å². The zero-order chi connectivity index (χ0) is 9.40. The van der Waals surface area contributed by atoms with Gasteiger partial charge < -0.3 is 10.6 Å². The van der Waals surface area contributed by atoms with Gasteiger partial charge in [0.05, 0.1) is 0 Å². The second-order valence-electron chi connectivity index (χ2n) is 2.85. The average Bonchev–Trinajstić information content (AvgIpc) is 1.97. The van der Waals surface area contributed by atoms with Crippen LogP contribution in [-0.4, -0.2) is 24.9 Å². The van der Waals surface area contributed by atoms with Crippen molar-refractivity contribution in [2.24, 2.45) is 0 Å². The van der Waals surface area contributed by atoms with Gasteiger partial charge in [-0.3, -0.25) is 9.59 Å². The summed E-state index contributed by atoms with van der Waals surface area (Å²) in [7, 11) is 0. The van der Waals surface area contributed by atoms with Gasteiger partial charge in [0.25, 0.3) is 0 Å². The molecule has 0 heterocycles. The summed E-state index contributed by atoms with van der Waals surface area (Å²) in [6, 6.07) is 0.183. The Kier molecular flexibility index (Phi) is 6.05. The van der Waals surface area contributed by atoms with Crippen LogP contribution in [0.5, 0.6) is 0 Å². The van der Waals surface area contributed by atoms with Crippen LogP contribution in [0.3, 0.4) is 0 Å². The van der Waals surface area contributed by atoms with Gasteiger partial charge in [0.1, 0.15) is 0 Å². The SMILES string of the molecule is CC(C)NC(=O)CCCN[C]=O. The van der Waals surface area contributed by atoms with Gasteiger partial charge in [-0.2, -0.15) is 0 Å². The van der Waals surface area contributed by atoms with Gasteiger partial charge >= 0.3 is 6.41 Å². The smallest absolute Gasteiger partial charge is 0.309 e. The van der Waals surface area contributed by atoms with Crippen molar-refractivity contribution >= 4 is 12.3 Å². The lowest BCUT2D eigenvalue weighted by molar-refractivity contribution is -0.121. The van der Waals surface area contributed by atoms with E-state index >= 15 is 0 Å². The Hall–Kier alpha value is -1.06. The molecule has 0 bridgehead atoms. The summed E-state index contributed by atoms with van der Waals surface area (Å²) in [5.41, 5.74) is 0. The highest BCUT2D eigenvalue weighted by Gasteiger charge is 2.01. The van der Waals surface area contributed by atoms with Crippen LogP contribution in [0.15, 0.2) is 0 Å². The lowest BCUT2D eigenvalue weighted by atomic mass is 10.3. The van der Waals surface area contributed by atoms with Crippen LogP contribution in [0, 0.1) is 0 Å². The van der Waals surface area contributed by atoms with Crippen LogP contribution >= 0.6 is 0 Å². The Morgan fingerprint density at radius 2 is 2.17 bits per heavy atom. The first-order valence-electron chi connectivity index (χ1n) is 4.06. The fourth-order valence-corrected chi connectivity index (χ4v) is 0.783. The Morgan fingerprint density at radius 1 is 1.50 bits per heavy atom. The molecule has 0 aromatic rings. The standard InChI is InChI=1S/C8H15N2O2/c1-7(2)10-8(12)4-3-5-9-6-11/h7H,3-5H2,1-2H3,(H,9,11)(H,10,12). The minimum absolute atomic E-state index is 0.0256.